The summed E-state index contributed by atoms with van der Waals surface area (Å²) in [6.07, 6.45) is 12.7. The number of carbonyl (C=O) groups excluding carboxylic acids is 2. The molecule has 0 bridgehead atoms. The molecular weight excluding hydrogens is 720 g/mol. The van der Waals surface area contributed by atoms with Crippen molar-refractivity contribution in [3.8, 4) is 0 Å². The quantitative estimate of drug-likeness (QED) is 0.106. The molecule has 0 heterocycles. The maximum atomic E-state index is 17.3. The maximum absolute atomic E-state index is 17.3. The molecule has 2 aliphatic carbocycles. The second-order valence-electron chi connectivity index (χ2n) is 14.3. The summed E-state index contributed by atoms with van der Waals surface area (Å²) in [7, 11) is 3.12. The van der Waals surface area contributed by atoms with Gasteiger partial charge in [-0.3, -0.25) is 0 Å². The van der Waals surface area contributed by atoms with Crippen LogP contribution in [0.25, 0.3) is 0 Å². The van der Waals surface area contributed by atoms with Gasteiger partial charge in [0.05, 0.1) is 0 Å². The van der Waals surface area contributed by atoms with E-state index in [0.717, 1.165) is 0 Å². The van der Waals surface area contributed by atoms with E-state index in [1.54, 1.807) is 48.3 Å². The van der Waals surface area contributed by atoms with Gasteiger partial charge in [0.25, 0.3) is 0 Å². The average Bonchev–Trinajstić information content (AvgIpc) is 3.88. The van der Waals surface area contributed by atoms with Gasteiger partial charge >= 0.3 is 317 Å². The summed E-state index contributed by atoms with van der Waals surface area (Å²) in [5, 5.41) is 0. The number of aryl methyl sites for hydroxylation is 2. The molecule has 11 heteroatoms. The van der Waals surface area contributed by atoms with Crippen LogP contribution < -0.4 is 7.74 Å². The number of methoxy groups -OCH3 is 2. The molecular formula is C42H54F4N2O4Ti. The Hall–Kier alpha value is -3.31. The molecule has 0 radical (unpaired) electrons. The van der Waals surface area contributed by atoms with Gasteiger partial charge in [0.1, 0.15) is 0 Å². The van der Waals surface area contributed by atoms with Gasteiger partial charge in [-0.25, -0.2) is 0 Å². The standard InChI is InChI=1S/2C16H22F2NO2.2C5H5.Ti/c2*1-12(2)16(20)19(9-10-21-3)8-4-5-13-6-7-14(17)11-15(13)18;2*1-2-4-5-3-1;/h2*6-7,12H,4-5,8-10H2,1-3H3;2*1-3H,4H2;. The minimum atomic E-state index is -5.01. The first-order valence-electron chi connectivity index (χ1n) is 18.6. The minimum absolute atomic E-state index is 0.0438. The van der Waals surface area contributed by atoms with Gasteiger partial charge in [-0.2, -0.15) is 0 Å². The van der Waals surface area contributed by atoms with E-state index in [1.807, 2.05) is 39.8 Å². The Morgan fingerprint density at radius 2 is 1.06 bits per heavy atom. The predicted molar refractivity (Wildman–Crippen MR) is 199 cm³/mol. The topological polar surface area (TPSA) is 59.1 Å². The summed E-state index contributed by atoms with van der Waals surface area (Å²) < 4.78 is 78.8. The molecule has 0 atom stereocenters. The van der Waals surface area contributed by atoms with Crippen LogP contribution in [-0.4, -0.2) is 75.2 Å². The fourth-order valence-electron chi connectivity index (χ4n) is 7.41. The Balaban J connectivity index is 1.80. The van der Waals surface area contributed by atoms with Gasteiger partial charge in [0.15, 0.2) is 0 Å². The number of nitrogens with zero attached hydrogens (tertiary/aromatic N) is 2. The number of ether oxygens (including phenoxy) is 2. The monoisotopic (exact) mass is 774 g/mol. The number of rotatable bonds is 20. The van der Waals surface area contributed by atoms with Crippen molar-refractivity contribution in [3.63, 3.8) is 0 Å². The fraction of sp³-hybridized carbons (Fsp3) is 0.476. The number of benzene rings is 2. The van der Waals surface area contributed by atoms with Crippen LogP contribution in [0.1, 0.15) is 64.5 Å². The number of halogens is 4. The zero-order chi connectivity index (χ0) is 38.7. The summed E-state index contributed by atoms with van der Waals surface area (Å²) in [4.78, 5) is 29.1. The van der Waals surface area contributed by atoms with Gasteiger partial charge in [-0.15, -0.1) is 0 Å². The van der Waals surface area contributed by atoms with Crippen molar-refractivity contribution in [3.05, 3.63) is 103 Å². The van der Waals surface area contributed by atoms with E-state index in [9.17, 15) is 9.59 Å². The van der Waals surface area contributed by atoms with E-state index in [2.05, 4.69) is 0 Å². The number of carbonyl (C=O) groups is 2. The summed E-state index contributed by atoms with van der Waals surface area (Å²) in [6, 6.07) is 5.26. The van der Waals surface area contributed by atoms with Crippen molar-refractivity contribution in [2.75, 3.05) is 53.6 Å². The van der Waals surface area contributed by atoms with Gasteiger partial charge in [0, 0.05) is 0 Å². The molecule has 0 saturated heterocycles. The molecule has 0 unspecified atom stereocenters. The van der Waals surface area contributed by atoms with Crippen molar-refractivity contribution < 1.29 is 53.2 Å². The molecule has 0 N–H and O–H groups in total. The Kier molecular flexibility index (Phi) is 15.9. The Bertz CT molecular complexity index is 1610. The van der Waals surface area contributed by atoms with Gasteiger partial charge < -0.3 is 0 Å². The molecule has 2 aliphatic rings. The van der Waals surface area contributed by atoms with Crippen LogP contribution in [-0.2, 0) is 48.5 Å². The zero-order valence-corrected chi connectivity index (χ0v) is 33.5. The van der Waals surface area contributed by atoms with Crippen LogP contribution >= 0.6 is 0 Å². The molecule has 2 aromatic rings. The SMILES string of the molecule is COCCN(CCCc1ccc(F)[c]([Ti]([C]2=CC=CC2)([C]2=CC=CC2)[c]2c(F)ccc(CCCN(CCOC)C(=O)C(C)C)c2F)c1F)C(=O)C(C)C. The van der Waals surface area contributed by atoms with Crippen LogP contribution in [0.2, 0.25) is 0 Å². The second kappa shape index (κ2) is 19.9. The van der Waals surface area contributed by atoms with Crippen molar-refractivity contribution >= 4 is 19.6 Å². The predicted octanol–water partition coefficient (Wildman–Crippen LogP) is 7.16. The molecule has 4 rings (SSSR count). The molecule has 288 valence electrons. The summed E-state index contributed by atoms with van der Waals surface area (Å²) in [5.41, 5.74) is 0.474. The van der Waals surface area contributed by atoms with E-state index in [0.29, 0.717) is 72.8 Å². The molecule has 6 nitrogen and oxygen atoms in total. The summed E-state index contributed by atoms with van der Waals surface area (Å²) in [5.74, 6) is -3.76. The van der Waals surface area contributed by atoms with E-state index >= 15 is 17.6 Å². The molecule has 53 heavy (non-hydrogen) atoms. The average molecular weight is 775 g/mol. The van der Waals surface area contributed by atoms with Crippen molar-refractivity contribution in [2.24, 2.45) is 11.8 Å². The van der Waals surface area contributed by atoms with Gasteiger partial charge in [-0.1, -0.05) is 0 Å². The van der Waals surface area contributed by atoms with E-state index in [4.69, 9.17) is 9.47 Å². The van der Waals surface area contributed by atoms with Gasteiger partial charge in [-0.05, 0) is 0 Å². The third-order valence-electron chi connectivity index (χ3n) is 10.1. The molecule has 0 aromatic heterocycles. The van der Waals surface area contributed by atoms with E-state index in [1.165, 1.54) is 24.3 Å². The Morgan fingerprint density at radius 3 is 1.38 bits per heavy atom. The van der Waals surface area contributed by atoms with Crippen LogP contribution in [0.4, 0.5) is 17.6 Å². The molecule has 2 amide bonds. The number of allylic oxidation sites excluding steroid dienone is 8. The molecule has 0 aliphatic heterocycles. The van der Waals surface area contributed by atoms with E-state index in [-0.39, 0.29) is 55.4 Å². The van der Waals surface area contributed by atoms with Crippen LogP contribution in [0.15, 0.2) is 68.5 Å². The Labute approximate surface area is 316 Å². The number of hydrogen-bond donors (Lipinski definition) is 0. The van der Waals surface area contributed by atoms with Crippen molar-refractivity contribution in [1.82, 2.24) is 9.80 Å². The van der Waals surface area contributed by atoms with Crippen LogP contribution in [0.5, 0.6) is 0 Å². The molecule has 0 spiro atoms. The molecule has 0 fully saturated rings. The summed E-state index contributed by atoms with van der Waals surface area (Å²) in [6.45, 7) is 9.45. The summed E-state index contributed by atoms with van der Waals surface area (Å²) >= 11 is -5.01. The van der Waals surface area contributed by atoms with Gasteiger partial charge in [0.2, 0.25) is 0 Å². The second-order valence-corrected chi connectivity index (χ2v) is 20.3. The van der Waals surface area contributed by atoms with E-state index < -0.39 is 39.9 Å². The van der Waals surface area contributed by atoms with Crippen LogP contribution in [0.3, 0.4) is 0 Å². The molecule has 0 saturated carbocycles. The van der Waals surface area contributed by atoms with Crippen molar-refractivity contribution in [1.29, 1.82) is 0 Å². The number of amides is 2. The first kappa shape index (κ1) is 42.4. The van der Waals surface area contributed by atoms with Crippen LogP contribution in [0, 0.1) is 35.1 Å². The third kappa shape index (κ3) is 9.69. The van der Waals surface area contributed by atoms with Crippen molar-refractivity contribution in [2.45, 2.75) is 66.2 Å². The fourth-order valence-corrected chi connectivity index (χ4v) is 15.8. The molecule has 2 aromatic carbocycles. The first-order chi connectivity index (χ1) is 25.4. The normalized spacial score (nSPS) is 14.0. The first-order valence-corrected chi connectivity index (χ1v) is 21.7. The Morgan fingerprint density at radius 1 is 0.660 bits per heavy atom. The third-order valence-corrected chi connectivity index (χ3v) is 18.0. The zero-order valence-electron chi connectivity index (χ0n) is 32.0. The number of hydrogen-bond acceptors (Lipinski definition) is 4.